The van der Waals surface area contributed by atoms with Crippen LogP contribution in [0.5, 0.6) is 0 Å². The van der Waals surface area contributed by atoms with Gasteiger partial charge in [0.05, 0.1) is 5.39 Å². The van der Waals surface area contributed by atoms with Gasteiger partial charge in [-0.05, 0) is 12.5 Å². The lowest BCUT2D eigenvalue weighted by Gasteiger charge is -2.06. The van der Waals surface area contributed by atoms with Crippen molar-refractivity contribution in [2.24, 2.45) is 14.1 Å². The summed E-state index contributed by atoms with van der Waals surface area (Å²) in [6.07, 6.45) is 3.71. The fourth-order valence-electron chi connectivity index (χ4n) is 1.77. The minimum absolute atomic E-state index is 0.0454. The lowest BCUT2D eigenvalue weighted by atomic mass is 10.3. The van der Waals surface area contributed by atoms with E-state index in [1.54, 1.807) is 11.6 Å². The molecule has 2 aromatic heterocycles. The van der Waals surface area contributed by atoms with Gasteiger partial charge in [0.1, 0.15) is 11.5 Å². The number of hydrogen-bond acceptors (Lipinski definition) is 2. The molecule has 0 bridgehead atoms. The van der Waals surface area contributed by atoms with Crippen LogP contribution in [-0.4, -0.2) is 14.1 Å². The summed E-state index contributed by atoms with van der Waals surface area (Å²) in [5.41, 5.74) is 0.825. The van der Waals surface area contributed by atoms with Crippen LogP contribution in [0.3, 0.4) is 0 Å². The third-order valence-electron chi connectivity index (χ3n) is 2.67. The molecule has 0 aliphatic rings. The van der Waals surface area contributed by atoms with Crippen molar-refractivity contribution in [2.75, 3.05) is 0 Å². The van der Waals surface area contributed by atoms with Gasteiger partial charge in [-0.25, -0.2) is 4.98 Å². The molecule has 2 aromatic rings. The molecule has 0 spiro atoms. The van der Waals surface area contributed by atoms with E-state index in [9.17, 15) is 4.79 Å². The molecule has 0 fully saturated rings. The molecule has 0 aliphatic heterocycles. The van der Waals surface area contributed by atoms with Gasteiger partial charge in [0.15, 0.2) is 0 Å². The SMILES string of the molecule is CCCc1nc2c(ccn2C)c(=O)n1C. The van der Waals surface area contributed by atoms with E-state index in [0.29, 0.717) is 5.39 Å². The van der Waals surface area contributed by atoms with Crippen LogP contribution >= 0.6 is 0 Å². The molecule has 2 heterocycles. The average Bonchev–Trinajstić information content (AvgIpc) is 2.57. The second-order valence-corrected chi connectivity index (χ2v) is 3.81. The number of aryl methyl sites for hydroxylation is 2. The summed E-state index contributed by atoms with van der Waals surface area (Å²) in [7, 11) is 3.69. The predicted molar refractivity (Wildman–Crippen MR) is 60.0 cm³/mol. The second kappa shape index (κ2) is 3.53. The van der Waals surface area contributed by atoms with E-state index in [1.165, 1.54) is 0 Å². The summed E-state index contributed by atoms with van der Waals surface area (Å²) in [4.78, 5) is 16.5. The topological polar surface area (TPSA) is 39.8 Å². The van der Waals surface area contributed by atoms with Gasteiger partial charge >= 0.3 is 0 Å². The Hall–Kier alpha value is -1.58. The van der Waals surface area contributed by atoms with E-state index in [1.807, 2.05) is 23.9 Å². The van der Waals surface area contributed by atoms with Gasteiger partial charge in [-0.15, -0.1) is 0 Å². The quantitative estimate of drug-likeness (QED) is 0.739. The summed E-state index contributed by atoms with van der Waals surface area (Å²) in [5, 5.41) is 0.694. The summed E-state index contributed by atoms with van der Waals surface area (Å²) in [5.74, 6) is 0.858. The Morgan fingerprint density at radius 2 is 2.13 bits per heavy atom. The van der Waals surface area contributed by atoms with Crippen molar-refractivity contribution in [3.63, 3.8) is 0 Å². The van der Waals surface area contributed by atoms with Crippen molar-refractivity contribution < 1.29 is 0 Å². The van der Waals surface area contributed by atoms with Gasteiger partial charge in [-0.2, -0.15) is 0 Å². The molecule has 0 aromatic carbocycles. The lowest BCUT2D eigenvalue weighted by molar-refractivity contribution is 0.712. The van der Waals surface area contributed by atoms with Crippen LogP contribution in [-0.2, 0) is 20.5 Å². The average molecular weight is 205 g/mol. The van der Waals surface area contributed by atoms with Gasteiger partial charge in [0.25, 0.3) is 5.56 Å². The van der Waals surface area contributed by atoms with E-state index >= 15 is 0 Å². The van der Waals surface area contributed by atoms with E-state index in [2.05, 4.69) is 11.9 Å². The highest BCUT2D eigenvalue weighted by molar-refractivity contribution is 5.74. The van der Waals surface area contributed by atoms with Gasteiger partial charge in [-0.1, -0.05) is 6.92 Å². The molecule has 0 saturated heterocycles. The molecule has 0 saturated carbocycles. The molecule has 0 aliphatic carbocycles. The normalized spacial score (nSPS) is 11.1. The van der Waals surface area contributed by atoms with Crippen molar-refractivity contribution in [3.8, 4) is 0 Å². The number of rotatable bonds is 2. The maximum Gasteiger partial charge on any atom is 0.262 e. The molecule has 4 heteroatoms. The number of hydrogen-bond donors (Lipinski definition) is 0. The highest BCUT2D eigenvalue weighted by Gasteiger charge is 2.09. The predicted octanol–water partition coefficient (Wildman–Crippen LogP) is 1.22. The molecule has 0 unspecified atom stereocenters. The second-order valence-electron chi connectivity index (χ2n) is 3.81. The zero-order valence-electron chi connectivity index (χ0n) is 9.32. The summed E-state index contributed by atoms with van der Waals surface area (Å²) in [6.45, 7) is 2.08. The van der Waals surface area contributed by atoms with E-state index in [-0.39, 0.29) is 5.56 Å². The van der Waals surface area contributed by atoms with Crippen molar-refractivity contribution in [2.45, 2.75) is 19.8 Å². The number of aromatic nitrogens is 3. The molecule has 4 nitrogen and oxygen atoms in total. The number of nitrogens with zero attached hydrogens (tertiary/aromatic N) is 3. The molecule has 0 N–H and O–H groups in total. The van der Waals surface area contributed by atoms with Crippen LogP contribution in [0.25, 0.3) is 11.0 Å². The summed E-state index contributed by atoms with van der Waals surface area (Å²) >= 11 is 0. The van der Waals surface area contributed by atoms with Crippen molar-refractivity contribution in [1.82, 2.24) is 14.1 Å². The van der Waals surface area contributed by atoms with Crippen molar-refractivity contribution in [1.29, 1.82) is 0 Å². The van der Waals surface area contributed by atoms with E-state index in [4.69, 9.17) is 0 Å². The molecular formula is C11H15N3O. The smallest absolute Gasteiger partial charge is 0.262 e. The fourth-order valence-corrected chi connectivity index (χ4v) is 1.77. The molecule has 15 heavy (non-hydrogen) atoms. The zero-order chi connectivity index (χ0) is 11.0. The summed E-state index contributed by atoms with van der Waals surface area (Å²) in [6, 6.07) is 1.82. The van der Waals surface area contributed by atoms with E-state index < -0.39 is 0 Å². The minimum atomic E-state index is 0.0454. The van der Waals surface area contributed by atoms with Crippen LogP contribution in [0.15, 0.2) is 17.1 Å². The lowest BCUT2D eigenvalue weighted by Crippen LogP contribution is -2.22. The zero-order valence-corrected chi connectivity index (χ0v) is 9.32. The third kappa shape index (κ3) is 1.46. The van der Waals surface area contributed by atoms with Crippen LogP contribution in [0.1, 0.15) is 19.2 Å². The van der Waals surface area contributed by atoms with Gasteiger partial charge in [0.2, 0.25) is 0 Å². The highest BCUT2D eigenvalue weighted by atomic mass is 16.1. The Labute approximate surface area is 88.2 Å². The minimum Gasteiger partial charge on any atom is -0.335 e. The molecule has 0 amide bonds. The molecule has 80 valence electrons. The maximum atomic E-state index is 11.9. The first kappa shape index (κ1) is 9.96. The van der Waals surface area contributed by atoms with Crippen molar-refractivity contribution >= 4 is 11.0 Å². The third-order valence-corrected chi connectivity index (χ3v) is 2.67. The first-order chi connectivity index (χ1) is 7.15. The Balaban J connectivity index is 2.79. The Morgan fingerprint density at radius 1 is 1.40 bits per heavy atom. The van der Waals surface area contributed by atoms with Crippen LogP contribution < -0.4 is 5.56 Å². The van der Waals surface area contributed by atoms with Gasteiger partial charge < -0.3 is 4.57 Å². The molecule has 0 radical (unpaired) electrons. The Kier molecular flexibility index (Phi) is 2.34. The van der Waals surface area contributed by atoms with Gasteiger partial charge in [0, 0.05) is 26.7 Å². The van der Waals surface area contributed by atoms with Crippen LogP contribution in [0.2, 0.25) is 0 Å². The standard InChI is InChI=1S/C11H15N3O/c1-4-5-9-12-10-8(6-7-13(10)2)11(15)14(9)3/h6-7H,4-5H2,1-3H3. The largest absolute Gasteiger partial charge is 0.335 e. The maximum absolute atomic E-state index is 11.9. The monoisotopic (exact) mass is 205 g/mol. The first-order valence-electron chi connectivity index (χ1n) is 5.16. The Bertz CT molecular complexity index is 551. The first-order valence-corrected chi connectivity index (χ1v) is 5.16. The number of fused-ring (bicyclic) bond motifs is 1. The van der Waals surface area contributed by atoms with Crippen LogP contribution in [0.4, 0.5) is 0 Å². The van der Waals surface area contributed by atoms with Gasteiger partial charge in [-0.3, -0.25) is 9.36 Å². The fraction of sp³-hybridized carbons (Fsp3) is 0.455. The molecular weight excluding hydrogens is 190 g/mol. The molecule has 0 atom stereocenters. The van der Waals surface area contributed by atoms with Crippen LogP contribution in [0, 0.1) is 0 Å². The Morgan fingerprint density at radius 3 is 2.80 bits per heavy atom. The highest BCUT2D eigenvalue weighted by Crippen LogP contribution is 2.09. The van der Waals surface area contributed by atoms with Crippen molar-refractivity contribution in [3.05, 3.63) is 28.4 Å². The van der Waals surface area contributed by atoms with E-state index in [0.717, 1.165) is 24.3 Å². The summed E-state index contributed by atoms with van der Waals surface area (Å²) < 4.78 is 3.53. The molecule has 2 rings (SSSR count).